The Labute approximate surface area is 102 Å². The molecule has 17 heavy (non-hydrogen) atoms. The van der Waals surface area contributed by atoms with Crippen molar-refractivity contribution in [2.75, 3.05) is 0 Å². The molecule has 0 aromatic carbocycles. The Morgan fingerprint density at radius 2 is 1.94 bits per heavy atom. The van der Waals surface area contributed by atoms with E-state index in [9.17, 15) is 9.59 Å². The summed E-state index contributed by atoms with van der Waals surface area (Å²) in [6.45, 7) is 6.80. The summed E-state index contributed by atoms with van der Waals surface area (Å²) in [7, 11) is 0. The molecule has 0 aliphatic heterocycles. The van der Waals surface area contributed by atoms with Crippen molar-refractivity contribution in [3.63, 3.8) is 0 Å². The van der Waals surface area contributed by atoms with Crippen LogP contribution in [0.5, 0.6) is 0 Å². The van der Waals surface area contributed by atoms with E-state index in [1.165, 1.54) is 6.42 Å². The van der Waals surface area contributed by atoms with E-state index in [1.807, 2.05) is 0 Å². The monoisotopic (exact) mass is 232 g/mol. The van der Waals surface area contributed by atoms with Crippen LogP contribution in [-0.2, 0) is 9.59 Å². The van der Waals surface area contributed by atoms with Gasteiger partial charge in [-0.15, -0.1) is 0 Å². The molecule has 2 fully saturated rings. The molecule has 2 heteroatoms. The number of carbonyl (C=O) groups is 2. The maximum Gasteiger partial charge on any atom is 0.146 e. The molecule has 2 nitrogen and oxygen atoms in total. The Hall–Kier alpha value is -0.920. The highest BCUT2D eigenvalue weighted by Gasteiger charge is 2.73. The van der Waals surface area contributed by atoms with Gasteiger partial charge in [-0.1, -0.05) is 26.8 Å². The molecule has 3 rings (SSSR count). The quantitative estimate of drug-likeness (QED) is 0.686. The van der Waals surface area contributed by atoms with Crippen molar-refractivity contribution in [3.05, 3.63) is 11.6 Å². The van der Waals surface area contributed by atoms with Gasteiger partial charge in [-0.25, -0.2) is 0 Å². The zero-order valence-corrected chi connectivity index (χ0v) is 10.8. The van der Waals surface area contributed by atoms with Crippen molar-refractivity contribution in [2.45, 2.75) is 40.0 Å². The highest BCUT2D eigenvalue weighted by atomic mass is 16.1. The Morgan fingerprint density at radius 3 is 2.53 bits per heavy atom. The van der Waals surface area contributed by atoms with E-state index in [0.29, 0.717) is 17.3 Å². The van der Waals surface area contributed by atoms with Crippen molar-refractivity contribution < 1.29 is 9.59 Å². The lowest BCUT2D eigenvalue weighted by molar-refractivity contribution is -0.115. The van der Waals surface area contributed by atoms with Crippen molar-refractivity contribution in [2.24, 2.45) is 28.1 Å². The zero-order chi connectivity index (χ0) is 12.5. The van der Waals surface area contributed by atoms with E-state index < -0.39 is 5.41 Å². The molecule has 0 bridgehead atoms. The molecule has 3 aliphatic carbocycles. The molecular weight excluding hydrogens is 212 g/mol. The summed E-state index contributed by atoms with van der Waals surface area (Å²) < 4.78 is 0. The maximum atomic E-state index is 11.4. The normalized spacial score (nSPS) is 49.9. The van der Waals surface area contributed by atoms with Crippen LogP contribution in [0, 0.1) is 28.1 Å². The van der Waals surface area contributed by atoms with Crippen LogP contribution in [0.4, 0.5) is 0 Å². The topological polar surface area (TPSA) is 34.1 Å². The molecule has 0 saturated heterocycles. The summed E-state index contributed by atoms with van der Waals surface area (Å²) in [5.74, 6) is 1.09. The highest BCUT2D eigenvalue weighted by molar-refractivity contribution is 5.89. The van der Waals surface area contributed by atoms with Gasteiger partial charge in [0.1, 0.15) is 12.6 Å². The summed E-state index contributed by atoms with van der Waals surface area (Å²) in [4.78, 5) is 22.7. The summed E-state index contributed by atoms with van der Waals surface area (Å²) in [5.41, 5.74) is 0.729. The second-order valence-electron chi connectivity index (χ2n) is 7.27. The number of fused-ring (bicyclic) bond motifs is 3. The summed E-state index contributed by atoms with van der Waals surface area (Å²) in [6.07, 6.45) is 7.28. The van der Waals surface area contributed by atoms with Crippen LogP contribution in [0.25, 0.3) is 0 Å². The van der Waals surface area contributed by atoms with E-state index in [-0.39, 0.29) is 5.41 Å². The van der Waals surface area contributed by atoms with E-state index in [4.69, 9.17) is 0 Å². The van der Waals surface area contributed by atoms with Gasteiger partial charge in [0.2, 0.25) is 0 Å². The molecule has 0 unspecified atom stereocenters. The average molecular weight is 232 g/mol. The molecule has 92 valence electrons. The standard InChI is InChI=1S/C15H20O2/c1-13(2)5-10-4-11(7-16)15(9-17)8-14(15,3)12(10)6-13/h4,7,9-10,12H,5-6,8H2,1-3H3/t10-,12-,14+,15+/m0/s1. The number of aldehydes is 2. The molecule has 0 aromatic heterocycles. The number of hydrogen-bond donors (Lipinski definition) is 0. The number of allylic oxidation sites excluding steroid dienone is 2. The number of hydrogen-bond acceptors (Lipinski definition) is 2. The van der Waals surface area contributed by atoms with Gasteiger partial charge in [0.25, 0.3) is 0 Å². The first kappa shape index (κ1) is 11.2. The molecule has 0 aromatic rings. The van der Waals surface area contributed by atoms with Gasteiger partial charge in [0.05, 0.1) is 5.41 Å². The lowest BCUT2D eigenvalue weighted by Gasteiger charge is -2.33. The van der Waals surface area contributed by atoms with E-state index >= 15 is 0 Å². The minimum Gasteiger partial charge on any atom is -0.302 e. The Morgan fingerprint density at radius 1 is 1.24 bits per heavy atom. The van der Waals surface area contributed by atoms with Crippen LogP contribution in [0.1, 0.15) is 40.0 Å². The van der Waals surface area contributed by atoms with Gasteiger partial charge in [-0.2, -0.15) is 0 Å². The third-order valence-corrected chi connectivity index (χ3v) is 5.67. The Balaban J connectivity index is 2.07. The molecule has 0 radical (unpaired) electrons. The summed E-state index contributed by atoms with van der Waals surface area (Å²) in [5, 5.41) is 0. The number of carbonyl (C=O) groups excluding carboxylic acids is 2. The fourth-order valence-corrected chi connectivity index (χ4v) is 4.68. The molecule has 0 spiro atoms. The van der Waals surface area contributed by atoms with Gasteiger partial charge in [0.15, 0.2) is 0 Å². The van der Waals surface area contributed by atoms with Gasteiger partial charge in [0, 0.05) is 5.57 Å². The van der Waals surface area contributed by atoms with Crippen molar-refractivity contribution in [3.8, 4) is 0 Å². The minimum atomic E-state index is -0.434. The first-order chi connectivity index (χ1) is 7.88. The first-order valence-corrected chi connectivity index (χ1v) is 6.52. The van der Waals surface area contributed by atoms with Crippen LogP contribution >= 0.6 is 0 Å². The molecule has 0 N–H and O–H groups in total. The maximum absolute atomic E-state index is 11.4. The predicted octanol–water partition coefficient (Wildman–Crippen LogP) is 2.77. The van der Waals surface area contributed by atoms with Crippen LogP contribution in [-0.4, -0.2) is 12.6 Å². The zero-order valence-electron chi connectivity index (χ0n) is 10.8. The third kappa shape index (κ3) is 1.16. The largest absolute Gasteiger partial charge is 0.302 e. The molecule has 0 amide bonds. The van der Waals surface area contributed by atoms with Crippen molar-refractivity contribution >= 4 is 12.6 Å². The summed E-state index contributed by atoms with van der Waals surface area (Å²) >= 11 is 0. The third-order valence-electron chi connectivity index (χ3n) is 5.67. The lowest BCUT2D eigenvalue weighted by Crippen LogP contribution is -2.31. The predicted molar refractivity (Wildman–Crippen MR) is 65.4 cm³/mol. The Kier molecular flexibility index (Phi) is 1.91. The van der Waals surface area contributed by atoms with E-state index in [0.717, 1.165) is 31.0 Å². The first-order valence-electron chi connectivity index (χ1n) is 6.52. The highest BCUT2D eigenvalue weighted by Crippen LogP contribution is 2.76. The van der Waals surface area contributed by atoms with Gasteiger partial charge >= 0.3 is 0 Å². The SMILES string of the molecule is CC1(C)C[C@@H]2C=C(C=O)[C@]3(C=O)C[C@]3(C)[C@H]2C1. The van der Waals surface area contributed by atoms with Crippen molar-refractivity contribution in [1.29, 1.82) is 0 Å². The van der Waals surface area contributed by atoms with Crippen LogP contribution in [0.3, 0.4) is 0 Å². The smallest absolute Gasteiger partial charge is 0.146 e. The molecule has 2 saturated carbocycles. The number of rotatable bonds is 2. The Bertz CT molecular complexity index is 434. The second-order valence-corrected chi connectivity index (χ2v) is 7.27. The van der Waals surface area contributed by atoms with E-state index in [2.05, 4.69) is 26.8 Å². The van der Waals surface area contributed by atoms with Crippen LogP contribution in [0.15, 0.2) is 11.6 Å². The van der Waals surface area contributed by atoms with Crippen molar-refractivity contribution in [1.82, 2.24) is 0 Å². The molecule has 4 atom stereocenters. The van der Waals surface area contributed by atoms with Crippen LogP contribution in [0.2, 0.25) is 0 Å². The minimum absolute atomic E-state index is 0.0538. The van der Waals surface area contributed by atoms with Gasteiger partial charge < -0.3 is 4.79 Å². The molecule has 3 aliphatic rings. The van der Waals surface area contributed by atoms with E-state index in [1.54, 1.807) is 0 Å². The molecule has 0 heterocycles. The lowest BCUT2D eigenvalue weighted by atomic mass is 9.70. The second kappa shape index (κ2) is 2.90. The van der Waals surface area contributed by atoms with Crippen LogP contribution < -0.4 is 0 Å². The molecular formula is C15H20O2. The fraction of sp³-hybridized carbons (Fsp3) is 0.733. The van der Waals surface area contributed by atoms with Gasteiger partial charge in [-0.05, 0) is 41.9 Å². The fourth-order valence-electron chi connectivity index (χ4n) is 4.68. The van der Waals surface area contributed by atoms with Gasteiger partial charge in [-0.3, -0.25) is 4.79 Å². The average Bonchev–Trinajstić information content (AvgIpc) is 2.77. The summed E-state index contributed by atoms with van der Waals surface area (Å²) in [6, 6.07) is 0.